The summed E-state index contributed by atoms with van der Waals surface area (Å²) in [5, 5.41) is 1.99. The molecule has 0 unspecified atom stereocenters. The molecule has 9 nitrogen and oxygen atoms in total. The van der Waals surface area contributed by atoms with Crippen LogP contribution >= 0.6 is 0 Å². The Morgan fingerprint density at radius 1 is 1.14 bits per heavy atom. The Bertz CT molecular complexity index is 1460. The van der Waals surface area contributed by atoms with Gasteiger partial charge in [0.1, 0.15) is 9.84 Å². The highest BCUT2D eigenvalue weighted by Gasteiger charge is 2.52. The van der Waals surface area contributed by atoms with Gasteiger partial charge in [-0.1, -0.05) is 24.3 Å². The van der Waals surface area contributed by atoms with Gasteiger partial charge in [0.05, 0.1) is 42.4 Å². The van der Waals surface area contributed by atoms with E-state index < -0.39 is 15.3 Å². The number of ether oxygens (including phenoxy) is 1. The topological polar surface area (TPSA) is 110 Å². The zero-order valence-corrected chi connectivity index (χ0v) is 21.8. The van der Waals surface area contributed by atoms with Crippen LogP contribution in [0.2, 0.25) is 0 Å². The molecule has 1 aromatic carbocycles. The number of piperidine rings is 1. The van der Waals surface area contributed by atoms with Crippen molar-refractivity contribution >= 4 is 38.3 Å². The lowest BCUT2D eigenvalue weighted by Crippen LogP contribution is -2.50. The van der Waals surface area contributed by atoms with Crippen LogP contribution < -0.4 is 4.90 Å². The molecule has 3 aromatic rings. The number of likely N-dealkylation sites (tertiary alicyclic amines) is 1. The number of carbonyl (C=O) groups is 2. The summed E-state index contributed by atoms with van der Waals surface area (Å²) in [4.78, 5) is 38.5. The fourth-order valence-corrected chi connectivity index (χ4v) is 6.34. The average Bonchev–Trinajstić information content (AvgIpc) is 3.11. The summed E-state index contributed by atoms with van der Waals surface area (Å²) in [6, 6.07) is 9.80. The van der Waals surface area contributed by atoms with E-state index in [1.807, 2.05) is 30.3 Å². The molecule has 5 rings (SSSR count). The predicted octanol–water partition coefficient (Wildman–Crippen LogP) is 3.25. The number of hydrogen-bond acceptors (Lipinski definition) is 7. The van der Waals surface area contributed by atoms with E-state index in [9.17, 15) is 18.0 Å². The third-order valence-electron chi connectivity index (χ3n) is 7.55. The third-order valence-corrected chi connectivity index (χ3v) is 8.58. The summed E-state index contributed by atoms with van der Waals surface area (Å²) in [5.41, 5.74) is 2.67. The van der Waals surface area contributed by atoms with E-state index in [1.54, 1.807) is 28.4 Å². The van der Waals surface area contributed by atoms with Crippen molar-refractivity contribution in [3.63, 3.8) is 0 Å². The molecule has 1 spiro atoms. The molecule has 1 fully saturated rings. The van der Waals surface area contributed by atoms with E-state index in [0.717, 1.165) is 33.3 Å². The first-order valence-corrected chi connectivity index (χ1v) is 14.4. The lowest BCUT2D eigenvalue weighted by atomic mass is 9.74. The van der Waals surface area contributed by atoms with Gasteiger partial charge in [-0.3, -0.25) is 14.8 Å². The molecule has 1 saturated heterocycles. The quantitative estimate of drug-likeness (QED) is 0.489. The predicted molar refractivity (Wildman–Crippen MR) is 140 cm³/mol. The Kier molecular flexibility index (Phi) is 6.61. The molecular weight excluding hydrogens is 492 g/mol. The lowest BCUT2D eigenvalue weighted by Gasteiger charge is -2.37. The molecule has 0 saturated carbocycles. The Labute approximate surface area is 216 Å². The van der Waals surface area contributed by atoms with Gasteiger partial charge in [-0.15, -0.1) is 0 Å². The van der Waals surface area contributed by atoms with Gasteiger partial charge < -0.3 is 14.5 Å². The number of methoxy groups -OCH3 is 1. The molecule has 0 bridgehead atoms. The Morgan fingerprint density at radius 3 is 2.62 bits per heavy atom. The molecule has 2 aliphatic heterocycles. The smallest absolute Gasteiger partial charge is 0.409 e. The number of carbonyl (C=O) groups excluding carboxylic acids is 2. The van der Waals surface area contributed by atoms with E-state index in [0.29, 0.717) is 38.8 Å². The molecule has 10 heteroatoms. The summed E-state index contributed by atoms with van der Waals surface area (Å²) in [6.45, 7) is 1.12. The fraction of sp³-hybridized carbons (Fsp3) is 0.407. The first kappa shape index (κ1) is 25.1. The van der Waals surface area contributed by atoms with E-state index >= 15 is 0 Å². The number of amides is 2. The zero-order chi connectivity index (χ0) is 26.2. The van der Waals surface area contributed by atoms with Crippen molar-refractivity contribution in [2.24, 2.45) is 0 Å². The van der Waals surface area contributed by atoms with Crippen molar-refractivity contribution < 1.29 is 22.7 Å². The average molecular weight is 523 g/mol. The molecule has 0 atom stereocenters. The number of anilines is 1. The second-order valence-corrected chi connectivity index (χ2v) is 12.1. The highest BCUT2D eigenvalue weighted by Crippen LogP contribution is 2.48. The van der Waals surface area contributed by atoms with Gasteiger partial charge in [-0.25, -0.2) is 13.2 Å². The van der Waals surface area contributed by atoms with Crippen molar-refractivity contribution in [1.82, 2.24) is 14.9 Å². The molecule has 4 heterocycles. The summed E-state index contributed by atoms with van der Waals surface area (Å²) in [5.74, 6) is 0.0715. The minimum atomic E-state index is -3.09. The monoisotopic (exact) mass is 522 g/mol. The van der Waals surface area contributed by atoms with Crippen molar-refractivity contribution in [1.29, 1.82) is 0 Å². The van der Waals surface area contributed by atoms with Gasteiger partial charge in [0.2, 0.25) is 5.91 Å². The molecule has 2 aromatic heterocycles. The number of aryl methyl sites for hydroxylation is 1. The fourth-order valence-electron chi connectivity index (χ4n) is 5.67. The minimum absolute atomic E-state index is 0.0166. The maximum absolute atomic E-state index is 14.1. The van der Waals surface area contributed by atoms with Crippen molar-refractivity contribution in [3.8, 4) is 0 Å². The number of rotatable bonds is 6. The highest BCUT2D eigenvalue weighted by molar-refractivity contribution is 7.90. The molecule has 37 heavy (non-hydrogen) atoms. The largest absolute Gasteiger partial charge is 0.453 e. The SMILES string of the molecule is COC(=O)N1CCC2(CC1)C(=O)N(Cc1ncc3ccccc3c1CCCS(C)(=O)=O)c1cnccc12. The van der Waals surface area contributed by atoms with Gasteiger partial charge in [0.15, 0.2) is 0 Å². The van der Waals surface area contributed by atoms with Crippen LogP contribution in [-0.2, 0) is 37.7 Å². The summed E-state index contributed by atoms with van der Waals surface area (Å²) < 4.78 is 28.4. The molecule has 0 radical (unpaired) electrons. The van der Waals surface area contributed by atoms with Crippen LogP contribution in [0.15, 0.2) is 48.9 Å². The summed E-state index contributed by atoms with van der Waals surface area (Å²) in [6.07, 6.45) is 8.10. The zero-order valence-electron chi connectivity index (χ0n) is 21.0. The van der Waals surface area contributed by atoms with Crippen molar-refractivity contribution in [3.05, 3.63) is 65.7 Å². The molecule has 194 valence electrons. The van der Waals surface area contributed by atoms with Gasteiger partial charge in [0, 0.05) is 37.1 Å². The van der Waals surface area contributed by atoms with Gasteiger partial charge >= 0.3 is 6.09 Å². The van der Waals surface area contributed by atoms with E-state index in [-0.39, 0.29) is 24.3 Å². The Balaban J connectivity index is 1.49. The summed E-state index contributed by atoms with van der Waals surface area (Å²) >= 11 is 0. The van der Waals surface area contributed by atoms with E-state index in [1.165, 1.54) is 13.4 Å². The maximum atomic E-state index is 14.1. The number of nitrogens with zero attached hydrogens (tertiary/aromatic N) is 4. The number of benzene rings is 1. The van der Waals surface area contributed by atoms with Crippen LogP contribution in [-0.4, -0.2) is 67.5 Å². The van der Waals surface area contributed by atoms with Crippen LogP contribution in [0.5, 0.6) is 0 Å². The van der Waals surface area contributed by atoms with Gasteiger partial charge in [-0.2, -0.15) is 0 Å². The first-order chi connectivity index (χ1) is 17.7. The Morgan fingerprint density at radius 2 is 1.89 bits per heavy atom. The molecule has 0 N–H and O–H groups in total. The molecule has 2 aliphatic rings. The van der Waals surface area contributed by atoms with Gasteiger partial charge in [0.25, 0.3) is 0 Å². The van der Waals surface area contributed by atoms with Crippen LogP contribution in [0.4, 0.5) is 10.5 Å². The molecule has 0 aliphatic carbocycles. The normalized spacial score (nSPS) is 16.9. The second-order valence-electron chi connectivity index (χ2n) is 9.83. The van der Waals surface area contributed by atoms with E-state index in [2.05, 4.69) is 4.98 Å². The number of fused-ring (bicyclic) bond motifs is 3. The standard InChI is InChI=1S/C27H30N4O5S/c1-36-26(33)30-13-10-27(11-14-30)22-9-12-28-17-24(22)31(25(27)32)18-23-21(8-5-15-37(2,34)35)20-7-4-3-6-19(20)16-29-23/h3-4,6-7,9,12,16-17H,5,8,10-11,13-15,18H2,1-2H3. The Hall–Kier alpha value is -3.53. The molecular formula is C27H30N4O5S. The van der Waals surface area contributed by atoms with Crippen LogP contribution in [0.25, 0.3) is 10.8 Å². The minimum Gasteiger partial charge on any atom is -0.453 e. The van der Waals surface area contributed by atoms with Crippen LogP contribution in [0, 0.1) is 0 Å². The van der Waals surface area contributed by atoms with Crippen LogP contribution in [0.1, 0.15) is 36.1 Å². The summed E-state index contributed by atoms with van der Waals surface area (Å²) in [7, 11) is -1.73. The number of aromatic nitrogens is 2. The highest BCUT2D eigenvalue weighted by atomic mass is 32.2. The number of sulfone groups is 1. The van der Waals surface area contributed by atoms with Crippen LogP contribution in [0.3, 0.4) is 0 Å². The first-order valence-electron chi connectivity index (χ1n) is 12.4. The lowest BCUT2D eigenvalue weighted by molar-refractivity contribution is -0.124. The van der Waals surface area contributed by atoms with Crippen molar-refractivity contribution in [2.75, 3.05) is 37.1 Å². The molecule has 2 amide bonds. The third kappa shape index (κ3) is 4.66. The van der Waals surface area contributed by atoms with Gasteiger partial charge in [-0.05, 0) is 48.3 Å². The number of pyridine rings is 2. The number of hydrogen-bond donors (Lipinski definition) is 0. The van der Waals surface area contributed by atoms with E-state index in [4.69, 9.17) is 9.72 Å². The second kappa shape index (κ2) is 9.74. The van der Waals surface area contributed by atoms with Crippen molar-refractivity contribution in [2.45, 2.75) is 37.6 Å². The maximum Gasteiger partial charge on any atom is 0.409 e.